The lowest BCUT2D eigenvalue weighted by molar-refractivity contribution is -0.128. The van der Waals surface area contributed by atoms with Crippen LogP contribution in [0.4, 0.5) is 4.79 Å². The van der Waals surface area contributed by atoms with Gasteiger partial charge in [0.15, 0.2) is 0 Å². The van der Waals surface area contributed by atoms with E-state index in [9.17, 15) is 14.7 Å². The number of allylic oxidation sites excluding steroid dienone is 2. The molecule has 0 aromatic heterocycles. The maximum absolute atomic E-state index is 12.8. The summed E-state index contributed by atoms with van der Waals surface area (Å²) in [5.74, 6) is -0.202. The van der Waals surface area contributed by atoms with Gasteiger partial charge in [0.25, 0.3) is 5.91 Å². The van der Waals surface area contributed by atoms with E-state index in [1.807, 2.05) is 6.08 Å². The number of ether oxygens (including phenoxy) is 1. The van der Waals surface area contributed by atoms with Crippen molar-refractivity contribution in [2.75, 3.05) is 32.8 Å². The SMILES string of the molecule is C=C(O)/C=C\C(=C/CC(C)(C)C)C(=O)N1CCN(C(=O)OCC)CC1. The predicted octanol–water partition coefficient (Wildman–Crippen LogP) is 3.28. The van der Waals surface area contributed by atoms with Crippen molar-refractivity contribution in [1.29, 1.82) is 0 Å². The summed E-state index contributed by atoms with van der Waals surface area (Å²) >= 11 is 0. The van der Waals surface area contributed by atoms with Crippen LogP contribution in [0.25, 0.3) is 0 Å². The van der Waals surface area contributed by atoms with E-state index in [2.05, 4.69) is 27.4 Å². The molecule has 0 radical (unpaired) electrons. The van der Waals surface area contributed by atoms with Crippen LogP contribution in [0.5, 0.6) is 0 Å². The summed E-state index contributed by atoms with van der Waals surface area (Å²) in [5.41, 5.74) is 0.577. The molecule has 6 heteroatoms. The topological polar surface area (TPSA) is 70.1 Å². The normalized spacial score (nSPS) is 16.2. The van der Waals surface area contributed by atoms with Crippen LogP contribution in [0.1, 0.15) is 34.1 Å². The minimum absolute atomic E-state index is 0.0538. The highest BCUT2D eigenvalue weighted by Crippen LogP contribution is 2.21. The molecule has 140 valence electrons. The second kappa shape index (κ2) is 9.30. The number of piperazine rings is 1. The van der Waals surface area contributed by atoms with E-state index in [0.717, 1.165) is 6.42 Å². The van der Waals surface area contributed by atoms with Crippen LogP contribution < -0.4 is 0 Å². The Labute approximate surface area is 150 Å². The molecule has 1 rings (SSSR count). The second-order valence-electron chi connectivity index (χ2n) is 7.23. The summed E-state index contributed by atoms with van der Waals surface area (Å²) < 4.78 is 4.99. The van der Waals surface area contributed by atoms with Crippen molar-refractivity contribution in [2.45, 2.75) is 34.1 Å². The van der Waals surface area contributed by atoms with Crippen molar-refractivity contribution >= 4 is 12.0 Å². The monoisotopic (exact) mass is 350 g/mol. The molecule has 0 aromatic rings. The van der Waals surface area contributed by atoms with Crippen LogP contribution in [-0.4, -0.2) is 59.7 Å². The summed E-state index contributed by atoms with van der Waals surface area (Å²) in [7, 11) is 0. The van der Waals surface area contributed by atoms with Crippen molar-refractivity contribution in [3.8, 4) is 0 Å². The van der Waals surface area contributed by atoms with E-state index in [4.69, 9.17) is 4.74 Å². The molecule has 0 spiro atoms. The van der Waals surface area contributed by atoms with Crippen molar-refractivity contribution in [2.24, 2.45) is 5.41 Å². The number of hydrogen-bond donors (Lipinski definition) is 1. The zero-order valence-electron chi connectivity index (χ0n) is 15.7. The molecule has 1 heterocycles. The molecule has 0 aromatic carbocycles. The van der Waals surface area contributed by atoms with Crippen molar-refractivity contribution in [1.82, 2.24) is 9.80 Å². The number of carbonyl (C=O) groups excluding carboxylic acids is 2. The number of rotatable bonds is 5. The molecule has 25 heavy (non-hydrogen) atoms. The van der Waals surface area contributed by atoms with Gasteiger partial charge in [-0.15, -0.1) is 0 Å². The molecule has 6 nitrogen and oxygen atoms in total. The summed E-state index contributed by atoms with van der Waals surface area (Å²) in [4.78, 5) is 27.9. The average molecular weight is 350 g/mol. The molecular weight excluding hydrogens is 320 g/mol. The molecule has 1 fully saturated rings. The van der Waals surface area contributed by atoms with E-state index >= 15 is 0 Å². The summed E-state index contributed by atoms with van der Waals surface area (Å²) in [6.07, 6.45) is 5.29. The van der Waals surface area contributed by atoms with Crippen LogP contribution >= 0.6 is 0 Å². The quantitative estimate of drug-likeness (QED) is 0.469. The Bertz CT molecular complexity index is 550. The third-order valence-corrected chi connectivity index (χ3v) is 3.73. The first-order valence-electron chi connectivity index (χ1n) is 8.61. The van der Waals surface area contributed by atoms with Gasteiger partial charge in [0.05, 0.1) is 6.61 Å². The Morgan fingerprint density at radius 3 is 2.16 bits per heavy atom. The van der Waals surface area contributed by atoms with Gasteiger partial charge in [0.2, 0.25) is 0 Å². The maximum atomic E-state index is 12.8. The standard InChI is InChI=1S/C19H30N2O4/c1-6-25-18(24)21-13-11-20(12-14-21)17(23)16(8-7-15(2)22)9-10-19(3,4)5/h7-9,22H,2,6,10-14H2,1,3-5H3/b8-7-,16-9+. The molecule has 2 amide bonds. The fraction of sp³-hybridized carbons (Fsp3) is 0.579. The van der Waals surface area contributed by atoms with E-state index in [1.165, 1.54) is 6.08 Å². The fourth-order valence-corrected chi connectivity index (χ4v) is 2.32. The molecule has 0 saturated carbocycles. The lowest BCUT2D eigenvalue weighted by Gasteiger charge is -2.34. The Morgan fingerprint density at radius 1 is 1.12 bits per heavy atom. The van der Waals surface area contributed by atoms with E-state index in [1.54, 1.807) is 22.8 Å². The van der Waals surface area contributed by atoms with Crippen molar-refractivity contribution in [3.05, 3.63) is 36.1 Å². The Morgan fingerprint density at radius 2 is 1.68 bits per heavy atom. The minimum Gasteiger partial charge on any atom is -0.509 e. The van der Waals surface area contributed by atoms with Gasteiger partial charge in [-0.3, -0.25) is 4.79 Å². The molecule has 0 bridgehead atoms. The van der Waals surface area contributed by atoms with Gasteiger partial charge in [-0.05, 0) is 30.9 Å². The van der Waals surface area contributed by atoms with Gasteiger partial charge in [-0.1, -0.05) is 33.4 Å². The molecule has 1 aliphatic heterocycles. The van der Waals surface area contributed by atoms with E-state index in [0.29, 0.717) is 38.4 Å². The third-order valence-electron chi connectivity index (χ3n) is 3.73. The zero-order valence-corrected chi connectivity index (χ0v) is 15.7. The van der Waals surface area contributed by atoms with Crippen molar-refractivity contribution < 1.29 is 19.4 Å². The van der Waals surface area contributed by atoms with Gasteiger partial charge < -0.3 is 19.6 Å². The highest BCUT2D eigenvalue weighted by atomic mass is 16.6. The minimum atomic E-state index is -0.338. The van der Waals surface area contributed by atoms with Crippen LogP contribution in [0, 0.1) is 5.41 Å². The van der Waals surface area contributed by atoms with Gasteiger partial charge in [-0.25, -0.2) is 4.79 Å². The molecule has 0 aliphatic carbocycles. The number of aliphatic hydroxyl groups excluding tert-OH is 1. The van der Waals surface area contributed by atoms with Crippen LogP contribution in [0.2, 0.25) is 0 Å². The molecule has 0 atom stereocenters. The number of nitrogens with zero attached hydrogens (tertiary/aromatic N) is 2. The Balaban J connectivity index is 2.78. The predicted molar refractivity (Wildman–Crippen MR) is 98.2 cm³/mol. The maximum Gasteiger partial charge on any atom is 0.409 e. The largest absolute Gasteiger partial charge is 0.509 e. The fourth-order valence-electron chi connectivity index (χ4n) is 2.32. The lowest BCUT2D eigenvalue weighted by Crippen LogP contribution is -2.51. The van der Waals surface area contributed by atoms with Crippen LogP contribution in [-0.2, 0) is 9.53 Å². The molecule has 0 unspecified atom stereocenters. The molecule has 1 saturated heterocycles. The van der Waals surface area contributed by atoms with Gasteiger partial charge in [0.1, 0.15) is 5.76 Å². The van der Waals surface area contributed by atoms with Gasteiger partial charge in [-0.2, -0.15) is 0 Å². The highest BCUT2D eigenvalue weighted by molar-refractivity contribution is 5.96. The summed E-state index contributed by atoms with van der Waals surface area (Å²) in [6, 6.07) is 0. The first kappa shape index (κ1) is 20.8. The Hall–Kier alpha value is -2.24. The summed E-state index contributed by atoms with van der Waals surface area (Å²) in [6.45, 7) is 13.6. The van der Waals surface area contributed by atoms with Crippen LogP contribution in [0.15, 0.2) is 36.1 Å². The average Bonchev–Trinajstić information content (AvgIpc) is 2.53. The molecule has 1 aliphatic rings. The van der Waals surface area contributed by atoms with E-state index < -0.39 is 0 Å². The molecule has 1 N–H and O–H groups in total. The van der Waals surface area contributed by atoms with Gasteiger partial charge in [0, 0.05) is 31.8 Å². The zero-order chi connectivity index (χ0) is 19.0. The lowest BCUT2D eigenvalue weighted by atomic mass is 9.91. The highest BCUT2D eigenvalue weighted by Gasteiger charge is 2.26. The number of aliphatic hydroxyl groups is 1. The first-order chi connectivity index (χ1) is 11.6. The third kappa shape index (κ3) is 7.45. The number of carbonyl (C=O) groups is 2. The number of hydrogen-bond acceptors (Lipinski definition) is 4. The Kier molecular flexibility index (Phi) is 7.74. The second-order valence-corrected chi connectivity index (χ2v) is 7.23. The first-order valence-corrected chi connectivity index (χ1v) is 8.61. The van der Waals surface area contributed by atoms with Crippen molar-refractivity contribution in [3.63, 3.8) is 0 Å². The van der Waals surface area contributed by atoms with Gasteiger partial charge >= 0.3 is 6.09 Å². The smallest absolute Gasteiger partial charge is 0.409 e. The number of amides is 2. The van der Waals surface area contributed by atoms with Crippen LogP contribution in [0.3, 0.4) is 0 Å². The molecular formula is C19H30N2O4. The van der Waals surface area contributed by atoms with E-state index in [-0.39, 0.29) is 23.2 Å². The summed E-state index contributed by atoms with van der Waals surface area (Å²) in [5, 5.41) is 9.28.